The van der Waals surface area contributed by atoms with E-state index in [9.17, 15) is 0 Å². The van der Waals surface area contributed by atoms with Crippen molar-refractivity contribution in [1.29, 1.82) is 0 Å². The monoisotopic (exact) mass is 275 g/mol. The number of hydrogen-bond acceptors (Lipinski definition) is 6. The lowest BCUT2D eigenvalue weighted by molar-refractivity contribution is 0.247. The molecular weight excluding hydrogens is 254 g/mol. The molecule has 0 aromatic carbocycles. The first-order chi connectivity index (χ1) is 9.50. The second-order valence-electron chi connectivity index (χ2n) is 5.78. The van der Waals surface area contributed by atoms with Crippen LogP contribution in [0.5, 0.6) is 0 Å². The summed E-state index contributed by atoms with van der Waals surface area (Å²) < 4.78 is 5.32. The Morgan fingerprint density at radius 1 is 1.30 bits per heavy atom. The Kier molecular flexibility index (Phi) is 4.44. The van der Waals surface area contributed by atoms with E-state index in [0.717, 1.165) is 6.54 Å². The summed E-state index contributed by atoms with van der Waals surface area (Å²) in [5.74, 6) is 1.10. The highest BCUT2D eigenvalue weighted by Crippen LogP contribution is 2.22. The van der Waals surface area contributed by atoms with Gasteiger partial charge in [-0.1, -0.05) is 32.9 Å². The van der Waals surface area contributed by atoms with Gasteiger partial charge in [0.2, 0.25) is 11.7 Å². The van der Waals surface area contributed by atoms with Crippen molar-refractivity contribution in [3.8, 4) is 11.5 Å². The first-order valence-corrected chi connectivity index (χ1v) is 6.83. The molecule has 2 aromatic heterocycles. The molecule has 0 saturated carbocycles. The van der Waals surface area contributed by atoms with E-state index in [4.69, 9.17) is 4.52 Å². The van der Waals surface area contributed by atoms with Crippen LogP contribution in [0.4, 0.5) is 0 Å². The van der Waals surface area contributed by atoms with Gasteiger partial charge in [-0.15, -0.1) is 0 Å². The Hall–Kier alpha value is -1.82. The van der Waals surface area contributed by atoms with Crippen LogP contribution in [0.3, 0.4) is 0 Å². The minimum absolute atomic E-state index is 0.122. The third-order valence-electron chi connectivity index (χ3n) is 3.14. The topological polar surface area (TPSA) is 76.7 Å². The molecule has 0 radical (unpaired) electrons. The molecule has 2 heterocycles. The van der Waals surface area contributed by atoms with Crippen LogP contribution >= 0.6 is 0 Å². The van der Waals surface area contributed by atoms with Crippen molar-refractivity contribution in [1.82, 2.24) is 25.4 Å². The van der Waals surface area contributed by atoms with Crippen LogP contribution in [-0.4, -0.2) is 32.7 Å². The van der Waals surface area contributed by atoms with Gasteiger partial charge in [0.25, 0.3) is 0 Å². The third-order valence-corrected chi connectivity index (χ3v) is 3.14. The van der Waals surface area contributed by atoms with Gasteiger partial charge in [-0.05, 0) is 12.0 Å². The number of aromatic nitrogens is 4. The molecule has 0 aliphatic carbocycles. The van der Waals surface area contributed by atoms with Crippen molar-refractivity contribution in [3.63, 3.8) is 0 Å². The van der Waals surface area contributed by atoms with Gasteiger partial charge < -0.3 is 9.84 Å². The van der Waals surface area contributed by atoms with Crippen LogP contribution in [0.1, 0.15) is 33.6 Å². The lowest BCUT2D eigenvalue weighted by atomic mass is 9.84. The molecule has 0 amide bonds. The molecule has 108 valence electrons. The average molecular weight is 275 g/mol. The smallest absolute Gasteiger partial charge is 0.228 e. The first kappa shape index (κ1) is 14.6. The Bertz CT molecular complexity index is 532. The van der Waals surface area contributed by atoms with Crippen LogP contribution in [-0.2, 0) is 6.42 Å². The zero-order chi connectivity index (χ0) is 14.6. The molecule has 0 spiro atoms. The number of nitrogens with one attached hydrogen (secondary N) is 1. The Labute approximate surface area is 119 Å². The predicted molar refractivity (Wildman–Crippen MR) is 75.9 cm³/mol. The summed E-state index contributed by atoms with van der Waals surface area (Å²) in [7, 11) is 0. The maximum Gasteiger partial charge on any atom is 0.228 e. The lowest BCUT2D eigenvalue weighted by Crippen LogP contribution is -2.41. The van der Waals surface area contributed by atoms with Crippen LogP contribution in [0.15, 0.2) is 23.1 Å². The number of rotatable bonds is 5. The van der Waals surface area contributed by atoms with Crippen LogP contribution < -0.4 is 5.32 Å². The van der Waals surface area contributed by atoms with Crippen molar-refractivity contribution in [2.45, 2.75) is 40.2 Å². The Morgan fingerprint density at radius 2 is 2.10 bits per heavy atom. The van der Waals surface area contributed by atoms with Crippen molar-refractivity contribution in [2.75, 3.05) is 6.54 Å². The molecule has 2 rings (SSSR count). The molecule has 6 nitrogen and oxygen atoms in total. The van der Waals surface area contributed by atoms with E-state index >= 15 is 0 Å². The van der Waals surface area contributed by atoms with Gasteiger partial charge in [-0.2, -0.15) is 4.98 Å². The fourth-order valence-electron chi connectivity index (χ4n) is 1.96. The summed E-state index contributed by atoms with van der Waals surface area (Å²) in [4.78, 5) is 12.6. The van der Waals surface area contributed by atoms with Gasteiger partial charge in [-0.25, -0.2) is 4.98 Å². The highest BCUT2D eigenvalue weighted by atomic mass is 16.5. The minimum Gasteiger partial charge on any atom is -0.339 e. The highest BCUT2D eigenvalue weighted by molar-refractivity contribution is 5.45. The molecule has 0 aliphatic rings. The fraction of sp³-hybridized carbons (Fsp3) is 0.571. The van der Waals surface area contributed by atoms with Gasteiger partial charge in [0.05, 0.1) is 6.20 Å². The second kappa shape index (κ2) is 6.09. The SMILES string of the molecule is CCNC(Cc1nc(-c2cnccn2)no1)C(C)(C)C. The molecule has 1 N–H and O–H groups in total. The van der Waals surface area contributed by atoms with Crippen LogP contribution in [0, 0.1) is 5.41 Å². The second-order valence-corrected chi connectivity index (χ2v) is 5.78. The van der Waals surface area contributed by atoms with Crippen molar-refractivity contribution in [3.05, 3.63) is 24.5 Å². The van der Waals surface area contributed by atoms with Crippen LogP contribution in [0.25, 0.3) is 11.5 Å². The number of nitrogens with zero attached hydrogens (tertiary/aromatic N) is 4. The Balaban J connectivity index is 2.13. The number of hydrogen-bond donors (Lipinski definition) is 1. The molecule has 20 heavy (non-hydrogen) atoms. The van der Waals surface area contributed by atoms with Crippen molar-refractivity contribution < 1.29 is 4.52 Å². The van der Waals surface area contributed by atoms with E-state index in [2.05, 4.69) is 53.1 Å². The fourth-order valence-corrected chi connectivity index (χ4v) is 1.96. The molecule has 1 unspecified atom stereocenters. The molecule has 2 aromatic rings. The predicted octanol–water partition coefficient (Wildman–Crippen LogP) is 2.09. The maximum absolute atomic E-state index is 5.32. The zero-order valence-electron chi connectivity index (χ0n) is 12.4. The summed E-state index contributed by atoms with van der Waals surface area (Å²) >= 11 is 0. The van der Waals surface area contributed by atoms with Gasteiger partial charge >= 0.3 is 0 Å². The van der Waals surface area contributed by atoms with Gasteiger partial charge in [0.15, 0.2) is 0 Å². The molecule has 0 fully saturated rings. The number of likely N-dealkylation sites (N-methyl/N-ethyl adjacent to an activating group) is 1. The summed E-state index contributed by atoms with van der Waals surface area (Å²) in [6, 6.07) is 0.280. The van der Waals surface area contributed by atoms with E-state index in [1.165, 1.54) is 0 Å². The lowest BCUT2D eigenvalue weighted by Gasteiger charge is -2.30. The van der Waals surface area contributed by atoms with E-state index in [-0.39, 0.29) is 11.5 Å². The van der Waals surface area contributed by atoms with Crippen molar-refractivity contribution >= 4 is 0 Å². The Morgan fingerprint density at radius 3 is 2.70 bits per heavy atom. The quantitative estimate of drug-likeness (QED) is 0.900. The molecule has 0 aliphatic heterocycles. The largest absolute Gasteiger partial charge is 0.339 e. The summed E-state index contributed by atoms with van der Waals surface area (Å²) in [5, 5.41) is 7.43. The third kappa shape index (κ3) is 3.60. The normalized spacial score (nSPS) is 13.4. The summed E-state index contributed by atoms with van der Waals surface area (Å²) in [5.41, 5.74) is 0.746. The van der Waals surface area contributed by atoms with Gasteiger partial charge in [0, 0.05) is 24.9 Å². The van der Waals surface area contributed by atoms with E-state index in [0.29, 0.717) is 23.8 Å². The summed E-state index contributed by atoms with van der Waals surface area (Å²) in [6.07, 6.45) is 5.55. The standard InChI is InChI=1S/C14H21N5O/c1-5-16-11(14(2,3)4)8-12-18-13(19-20-12)10-9-15-6-7-17-10/h6-7,9,11,16H,5,8H2,1-4H3. The van der Waals surface area contributed by atoms with Crippen LogP contribution in [0.2, 0.25) is 0 Å². The summed E-state index contributed by atoms with van der Waals surface area (Å²) in [6.45, 7) is 9.59. The molecule has 0 bridgehead atoms. The molecule has 6 heteroatoms. The maximum atomic E-state index is 5.32. The molecule has 0 saturated heterocycles. The minimum atomic E-state index is 0.122. The van der Waals surface area contributed by atoms with Gasteiger partial charge in [-0.3, -0.25) is 4.98 Å². The van der Waals surface area contributed by atoms with E-state index < -0.39 is 0 Å². The average Bonchev–Trinajstić information content (AvgIpc) is 2.87. The van der Waals surface area contributed by atoms with E-state index in [1.807, 2.05) is 0 Å². The highest BCUT2D eigenvalue weighted by Gasteiger charge is 2.26. The molecular formula is C14H21N5O. The van der Waals surface area contributed by atoms with Crippen molar-refractivity contribution in [2.24, 2.45) is 5.41 Å². The van der Waals surface area contributed by atoms with Gasteiger partial charge in [0.1, 0.15) is 5.69 Å². The van der Waals surface area contributed by atoms with E-state index in [1.54, 1.807) is 18.6 Å². The first-order valence-electron chi connectivity index (χ1n) is 6.83. The zero-order valence-corrected chi connectivity index (χ0v) is 12.4. The molecule has 1 atom stereocenters.